The van der Waals surface area contributed by atoms with Crippen LogP contribution in [0.4, 0.5) is 10.5 Å². The van der Waals surface area contributed by atoms with Gasteiger partial charge in [-0.15, -0.1) is 0 Å². The van der Waals surface area contributed by atoms with Crippen molar-refractivity contribution in [2.75, 3.05) is 18.1 Å². The van der Waals surface area contributed by atoms with Gasteiger partial charge in [0, 0.05) is 10.7 Å². The third-order valence-electron chi connectivity index (χ3n) is 4.65. The number of aliphatic hydroxyl groups excluding tert-OH is 1. The maximum absolute atomic E-state index is 12.7. The lowest BCUT2D eigenvalue weighted by Crippen LogP contribution is -2.40. The lowest BCUT2D eigenvalue weighted by atomic mass is 10.2. The lowest BCUT2D eigenvalue weighted by Gasteiger charge is -2.20. The molecule has 0 spiro atoms. The highest BCUT2D eigenvalue weighted by Crippen LogP contribution is 2.26. The minimum Gasteiger partial charge on any atom is -0.389 e. The van der Waals surface area contributed by atoms with Crippen molar-refractivity contribution in [3.63, 3.8) is 0 Å². The Morgan fingerprint density at radius 3 is 2.39 bits per heavy atom. The second kappa shape index (κ2) is 8.73. The first-order valence-corrected chi connectivity index (χ1v) is 9.46. The molecular weight excluding hydrogens is 380 g/mol. The van der Waals surface area contributed by atoms with E-state index < -0.39 is 18.2 Å². The molecule has 2 aromatic rings. The van der Waals surface area contributed by atoms with Gasteiger partial charge in [-0.2, -0.15) is 0 Å². The number of hydrogen-bond donors (Lipinski definition) is 1. The molecule has 1 aliphatic heterocycles. The molecule has 2 atom stereocenters. The lowest BCUT2D eigenvalue weighted by molar-refractivity contribution is -0.128. The van der Waals surface area contributed by atoms with Crippen molar-refractivity contribution in [3.05, 3.63) is 64.7 Å². The van der Waals surface area contributed by atoms with Crippen LogP contribution in [0.5, 0.6) is 0 Å². The number of carbonyl (C=O) groups excluding carboxylic acids is 2. The van der Waals surface area contributed by atoms with E-state index in [1.54, 1.807) is 19.1 Å². The van der Waals surface area contributed by atoms with Gasteiger partial charge in [-0.05, 0) is 43.7 Å². The van der Waals surface area contributed by atoms with Crippen molar-refractivity contribution >= 4 is 29.2 Å². The highest BCUT2D eigenvalue weighted by atomic mass is 35.5. The van der Waals surface area contributed by atoms with E-state index in [-0.39, 0.29) is 19.1 Å². The fourth-order valence-corrected chi connectivity index (χ4v) is 3.22. The number of halogens is 1. The molecule has 3 rings (SSSR count). The summed E-state index contributed by atoms with van der Waals surface area (Å²) in [4.78, 5) is 27.8. The predicted octanol–water partition coefficient (Wildman–Crippen LogP) is 3.38. The van der Waals surface area contributed by atoms with E-state index in [4.69, 9.17) is 16.3 Å². The number of imide groups is 1. The number of β-amino-alcohol motifs (C(OH)–C–C–N with tert-alkyl or cyclic N) is 1. The van der Waals surface area contributed by atoms with Gasteiger partial charge in [0.2, 0.25) is 0 Å². The van der Waals surface area contributed by atoms with Crippen molar-refractivity contribution in [3.8, 4) is 0 Å². The van der Waals surface area contributed by atoms with E-state index in [0.717, 1.165) is 16.0 Å². The molecular formula is C21H23ClN2O4. The second-order valence-corrected chi connectivity index (χ2v) is 7.34. The summed E-state index contributed by atoms with van der Waals surface area (Å²) in [6.07, 6.45) is -0.967. The van der Waals surface area contributed by atoms with Gasteiger partial charge in [-0.25, -0.2) is 4.79 Å². The smallest absolute Gasteiger partial charge is 0.332 e. The van der Waals surface area contributed by atoms with Gasteiger partial charge >= 0.3 is 6.03 Å². The van der Waals surface area contributed by atoms with E-state index >= 15 is 0 Å². The highest BCUT2D eigenvalue weighted by Gasteiger charge is 2.43. The largest absolute Gasteiger partial charge is 0.389 e. The van der Waals surface area contributed by atoms with Crippen LogP contribution in [-0.2, 0) is 16.1 Å². The first-order valence-electron chi connectivity index (χ1n) is 9.08. The number of aliphatic hydroxyl groups is 1. The maximum Gasteiger partial charge on any atom is 0.332 e. The van der Waals surface area contributed by atoms with Gasteiger partial charge < -0.3 is 9.84 Å². The molecule has 2 aromatic carbocycles. The molecule has 0 radical (unpaired) electrons. The summed E-state index contributed by atoms with van der Waals surface area (Å²) >= 11 is 5.84. The molecule has 0 bridgehead atoms. The highest BCUT2D eigenvalue weighted by molar-refractivity contribution is 6.30. The average Bonchev–Trinajstić information content (AvgIpc) is 2.88. The van der Waals surface area contributed by atoms with Crippen LogP contribution in [0, 0.1) is 6.92 Å². The standard InChI is InChI=1S/C21H23ClN2O4/c1-14-3-9-18(10-4-14)24-15(2)20(26)23(21(24)27)11-19(25)13-28-12-16-5-7-17(22)8-6-16/h3-10,15,19,25H,11-13H2,1-2H3. The number of ether oxygens (including phenoxy) is 1. The first kappa shape index (κ1) is 20.3. The van der Waals surface area contributed by atoms with Crippen LogP contribution in [0.1, 0.15) is 18.1 Å². The van der Waals surface area contributed by atoms with Gasteiger partial charge in [0.15, 0.2) is 0 Å². The van der Waals surface area contributed by atoms with Crippen LogP contribution in [0.2, 0.25) is 5.02 Å². The molecule has 2 unspecified atom stereocenters. The van der Waals surface area contributed by atoms with Gasteiger partial charge in [-0.1, -0.05) is 41.4 Å². The van der Waals surface area contributed by atoms with Crippen LogP contribution >= 0.6 is 11.6 Å². The van der Waals surface area contributed by atoms with Crippen molar-refractivity contribution in [1.29, 1.82) is 0 Å². The second-order valence-electron chi connectivity index (χ2n) is 6.91. The molecule has 28 heavy (non-hydrogen) atoms. The summed E-state index contributed by atoms with van der Waals surface area (Å²) in [5, 5.41) is 10.9. The predicted molar refractivity (Wildman–Crippen MR) is 107 cm³/mol. The van der Waals surface area contributed by atoms with Crippen molar-refractivity contribution < 1.29 is 19.4 Å². The Morgan fingerprint density at radius 1 is 1.11 bits per heavy atom. The number of urea groups is 1. The van der Waals surface area contributed by atoms with Gasteiger partial charge in [0.05, 0.1) is 25.9 Å². The fourth-order valence-electron chi connectivity index (χ4n) is 3.09. The number of nitrogens with zero attached hydrogens (tertiary/aromatic N) is 2. The van der Waals surface area contributed by atoms with E-state index in [9.17, 15) is 14.7 Å². The summed E-state index contributed by atoms with van der Waals surface area (Å²) in [5.41, 5.74) is 2.65. The van der Waals surface area contributed by atoms with Crippen LogP contribution < -0.4 is 4.90 Å². The number of benzene rings is 2. The third kappa shape index (κ3) is 4.52. The van der Waals surface area contributed by atoms with Crippen LogP contribution in [0.3, 0.4) is 0 Å². The van der Waals surface area contributed by atoms with Crippen LogP contribution in [-0.4, -0.2) is 47.2 Å². The summed E-state index contributed by atoms with van der Waals surface area (Å²) in [6, 6.07) is 13.6. The van der Waals surface area contributed by atoms with E-state index in [2.05, 4.69) is 0 Å². The molecule has 148 valence electrons. The molecule has 0 aliphatic carbocycles. The maximum atomic E-state index is 12.7. The molecule has 3 amide bonds. The Labute approximate surface area is 169 Å². The molecule has 7 heteroatoms. The quantitative estimate of drug-likeness (QED) is 0.721. The minimum absolute atomic E-state index is 0.0125. The van der Waals surface area contributed by atoms with Crippen molar-refractivity contribution in [1.82, 2.24) is 4.90 Å². The Kier molecular flexibility index (Phi) is 6.34. The summed E-state index contributed by atoms with van der Waals surface area (Å²) in [6.45, 7) is 3.85. The molecule has 0 aromatic heterocycles. The number of aryl methyl sites for hydroxylation is 1. The Morgan fingerprint density at radius 2 is 1.75 bits per heavy atom. The number of carbonyl (C=O) groups is 2. The molecule has 1 N–H and O–H groups in total. The molecule has 1 heterocycles. The van der Waals surface area contributed by atoms with Gasteiger partial charge in [0.1, 0.15) is 6.04 Å². The number of hydrogen-bond acceptors (Lipinski definition) is 4. The van der Waals surface area contributed by atoms with E-state index in [0.29, 0.717) is 17.3 Å². The minimum atomic E-state index is -0.967. The molecule has 0 saturated carbocycles. The molecule has 1 fully saturated rings. The van der Waals surface area contributed by atoms with Crippen molar-refractivity contribution in [2.45, 2.75) is 32.6 Å². The summed E-state index contributed by atoms with van der Waals surface area (Å²) < 4.78 is 5.50. The van der Waals surface area contributed by atoms with Crippen molar-refractivity contribution in [2.24, 2.45) is 0 Å². The zero-order chi connectivity index (χ0) is 20.3. The Balaban J connectivity index is 1.57. The summed E-state index contributed by atoms with van der Waals surface area (Å²) in [5.74, 6) is -0.331. The van der Waals surface area contributed by atoms with Gasteiger partial charge in [-0.3, -0.25) is 14.6 Å². The average molecular weight is 403 g/mol. The summed E-state index contributed by atoms with van der Waals surface area (Å²) in [7, 11) is 0. The zero-order valence-corrected chi connectivity index (χ0v) is 16.6. The normalized spacial score (nSPS) is 18.1. The first-order chi connectivity index (χ1) is 13.4. The molecule has 6 nitrogen and oxygen atoms in total. The Hall–Kier alpha value is -2.41. The van der Waals surface area contributed by atoms with E-state index in [1.165, 1.54) is 4.90 Å². The third-order valence-corrected chi connectivity index (χ3v) is 4.90. The van der Waals surface area contributed by atoms with Crippen LogP contribution in [0.25, 0.3) is 0 Å². The van der Waals surface area contributed by atoms with E-state index in [1.807, 2.05) is 43.3 Å². The molecule has 1 aliphatic rings. The zero-order valence-electron chi connectivity index (χ0n) is 15.8. The topological polar surface area (TPSA) is 70.1 Å². The van der Waals surface area contributed by atoms with Gasteiger partial charge in [0.25, 0.3) is 5.91 Å². The SMILES string of the molecule is Cc1ccc(N2C(=O)N(CC(O)COCc3ccc(Cl)cc3)C(=O)C2C)cc1. The number of rotatable bonds is 7. The number of anilines is 1. The fraction of sp³-hybridized carbons (Fsp3) is 0.333. The number of amides is 3. The molecule has 1 saturated heterocycles. The Bertz CT molecular complexity index is 838. The monoisotopic (exact) mass is 402 g/mol. The van der Waals surface area contributed by atoms with Crippen LogP contribution in [0.15, 0.2) is 48.5 Å².